The summed E-state index contributed by atoms with van der Waals surface area (Å²) in [6.45, 7) is 4.95. The molecule has 4 heteroatoms. The van der Waals surface area contributed by atoms with Crippen LogP contribution in [0.4, 0.5) is 0 Å². The molecule has 0 aliphatic carbocycles. The fraction of sp³-hybridized carbons (Fsp3) is 0.294. The molecule has 3 rings (SSSR count). The van der Waals surface area contributed by atoms with Gasteiger partial charge < -0.3 is 9.84 Å². The highest BCUT2D eigenvalue weighted by Gasteiger charge is 2.32. The van der Waals surface area contributed by atoms with Crippen LogP contribution in [0.5, 0.6) is 5.75 Å². The van der Waals surface area contributed by atoms with Gasteiger partial charge in [0, 0.05) is 21.0 Å². The zero-order chi connectivity index (χ0) is 15.2. The lowest BCUT2D eigenvalue weighted by Crippen LogP contribution is -2.18. The summed E-state index contributed by atoms with van der Waals surface area (Å²) in [6, 6.07) is 11.4. The highest BCUT2D eigenvalue weighted by atomic mass is 79.9. The van der Waals surface area contributed by atoms with Crippen LogP contribution in [0.2, 0.25) is 5.02 Å². The first-order chi connectivity index (χ1) is 9.90. The van der Waals surface area contributed by atoms with Crippen molar-refractivity contribution in [3.05, 3.63) is 62.6 Å². The molecule has 0 bridgehead atoms. The van der Waals surface area contributed by atoms with Gasteiger partial charge in [0.25, 0.3) is 0 Å². The molecule has 110 valence electrons. The molecular formula is C17H16BrClO2. The molecule has 0 aromatic heterocycles. The quantitative estimate of drug-likeness (QED) is 0.822. The zero-order valence-electron chi connectivity index (χ0n) is 11.9. The summed E-state index contributed by atoms with van der Waals surface area (Å²) in [4.78, 5) is 0. The minimum absolute atomic E-state index is 0.0356. The number of hydrogen-bond acceptors (Lipinski definition) is 2. The SMILES string of the molecule is CC1(C)COc2ccc(C(O)c3cccc(Br)c3Cl)cc21. The van der Waals surface area contributed by atoms with Gasteiger partial charge in [0.15, 0.2) is 0 Å². The van der Waals surface area contributed by atoms with Gasteiger partial charge in [-0.25, -0.2) is 0 Å². The van der Waals surface area contributed by atoms with E-state index in [1.54, 1.807) is 0 Å². The summed E-state index contributed by atoms with van der Waals surface area (Å²) < 4.78 is 6.46. The van der Waals surface area contributed by atoms with Crippen molar-refractivity contribution < 1.29 is 9.84 Å². The number of aliphatic hydroxyl groups is 1. The van der Waals surface area contributed by atoms with E-state index in [-0.39, 0.29) is 5.41 Å². The largest absolute Gasteiger partial charge is 0.492 e. The molecule has 2 nitrogen and oxygen atoms in total. The molecule has 1 aliphatic rings. The van der Waals surface area contributed by atoms with Crippen LogP contribution in [0.1, 0.15) is 36.6 Å². The Labute approximate surface area is 137 Å². The fourth-order valence-electron chi connectivity index (χ4n) is 2.62. The lowest BCUT2D eigenvalue weighted by molar-refractivity contribution is 0.220. The molecule has 21 heavy (non-hydrogen) atoms. The summed E-state index contributed by atoms with van der Waals surface area (Å²) >= 11 is 9.67. The van der Waals surface area contributed by atoms with Crippen LogP contribution in [0.3, 0.4) is 0 Å². The van der Waals surface area contributed by atoms with Gasteiger partial charge in [-0.3, -0.25) is 0 Å². The minimum atomic E-state index is -0.753. The van der Waals surface area contributed by atoms with Gasteiger partial charge in [0.2, 0.25) is 0 Å². The van der Waals surface area contributed by atoms with Crippen LogP contribution >= 0.6 is 27.5 Å². The van der Waals surface area contributed by atoms with Crippen LogP contribution in [0, 0.1) is 0 Å². The van der Waals surface area contributed by atoms with E-state index in [1.165, 1.54) is 0 Å². The molecule has 1 aliphatic heterocycles. The average Bonchev–Trinajstić information content (AvgIpc) is 2.76. The van der Waals surface area contributed by atoms with Crippen LogP contribution in [-0.2, 0) is 5.41 Å². The topological polar surface area (TPSA) is 29.5 Å². The van der Waals surface area contributed by atoms with E-state index in [4.69, 9.17) is 16.3 Å². The van der Waals surface area contributed by atoms with Crippen LogP contribution < -0.4 is 4.74 Å². The first kappa shape index (κ1) is 14.9. The Morgan fingerprint density at radius 2 is 2.05 bits per heavy atom. The molecule has 2 aromatic carbocycles. The number of rotatable bonds is 2. The van der Waals surface area contributed by atoms with Crippen molar-refractivity contribution in [3.63, 3.8) is 0 Å². The predicted molar refractivity (Wildman–Crippen MR) is 88.2 cm³/mol. The molecule has 0 radical (unpaired) electrons. The number of halogens is 2. The van der Waals surface area contributed by atoms with Gasteiger partial charge in [-0.15, -0.1) is 0 Å². The monoisotopic (exact) mass is 366 g/mol. The highest BCUT2D eigenvalue weighted by Crippen LogP contribution is 2.41. The third-order valence-corrected chi connectivity index (χ3v) is 5.22. The summed E-state index contributed by atoms with van der Waals surface area (Å²) in [6.07, 6.45) is -0.753. The van der Waals surface area contributed by atoms with Gasteiger partial charge >= 0.3 is 0 Å². The van der Waals surface area contributed by atoms with Crippen molar-refractivity contribution in [3.8, 4) is 5.75 Å². The zero-order valence-corrected chi connectivity index (χ0v) is 14.2. The minimum Gasteiger partial charge on any atom is -0.492 e. The fourth-order valence-corrected chi connectivity index (χ4v) is 3.23. The third-order valence-electron chi connectivity index (χ3n) is 3.91. The Balaban J connectivity index is 2.03. The molecule has 1 atom stereocenters. The molecule has 1 heterocycles. The van der Waals surface area contributed by atoms with Crippen molar-refractivity contribution in [1.82, 2.24) is 0 Å². The lowest BCUT2D eigenvalue weighted by atomic mass is 9.85. The van der Waals surface area contributed by atoms with Crippen molar-refractivity contribution >= 4 is 27.5 Å². The number of ether oxygens (including phenoxy) is 1. The maximum Gasteiger partial charge on any atom is 0.123 e. The Morgan fingerprint density at radius 1 is 1.29 bits per heavy atom. The Hall–Kier alpha value is -1.03. The molecular weight excluding hydrogens is 352 g/mol. The highest BCUT2D eigenvalue weighted by molar-refractivity contribution is 9.10. The van der Waals surface area contributed by atoms with E-state index >= 15 is 0 Å². The number of benzene rings is 2. The summed E-state index contributed by atoms with van der Waals surface area (Å²) in [5.41, 5.74) is 2.62. The molecule has 0 saturated heterocycles. The number of fused-ring (bicyclic) bond motifs is 1. The summed E-state index contributed by atoms with van der Waals surface area (Å²) in [7, 11) is 0. The maximum atomic E-state index is 10.7. The number of hydrogen-bond donors (Lipinski definition) is 1. The van der Waals surface area contributed by atoms with E-state index in [2.05, 4.69) is 29.8 Å². The van der Waals surface area contributed by atoms with E-state index in [9.17, 15) is 5.11 Å². The van der Waals surface area contributed by atoms with E-state index < -0.39 is 6.10 Å². The summed E-state index contributed by atoms with van der Waals surface area (Å²) in [5, 5.41) is 11.2. The van der Waals surface area contributed by atoms with Crippen LogP contribution in [0.15, 0.2) is 40.9 Å². The van der Waals surface area contributed by atoms with Crippen LogP contribution in [-0.4, -0.2) is 11.7 Å². The second-order valence-electron chi connectivity index (χ2n) is 5.97. The summed E-state index contributed by atoms with van der Waals surface area (Å²) in [5.74, 6) is 0.899. The average molecular weight is 368 g/mol. The first-order valence-corrected chi connectivity index (χ1v) is 7.96. The molecule has 1 unspecified atom stereocenters. The second-order valence-corrected chi connectivity index (χ2v) is 7.21. The van der Waals surface area contributed by atoms with Gasteiger partial charge in [-0.05, 0) is 39.7 Å². The third kappa shape index (κ3) is 2.59. The first-order valence-electron chi connectivity index (χ1n) is 6.79. The van der Waals surface area contributed by atoms with Crippen molar-refractivity contribution in [1.29, 1.82) is 0 Å². The number of aliphatic hydroxyl groups excluding tert-OH is 1. The molecule has 0 fully saturated rings. The van der Waals surface area contributed by atoms with Gasteiger partial charge in [0.1, 0.15) is 11.9 Å². The van der Waals surface area contributed by atoms with Crippen molar-refractivity contribution in [2.24, 2.45) is 0 Å². The Kier molecular flexibility index (Phi) is 3.76. The van der Waals surface area contributed by atoms with E-state index in [1.807, 2.05) is 36.4 Å². The molecule has 2 aromatic rings. The smallest absolute Gasteiger partial charge is 0.123 e. The molecule has 0 amide bonds. The van der Waals surface area contributed by atoms with Crippen LogP contribution in [0.25, 0.3) is 0 Å². The molecule has 0 saturated carbocycles. The van der Waals surface area contributed by atoms with Crippen molar-refractivity contribution in [2.45, 2.75) is 25.4 Å². The lowest BCUT2D eigenvalue weighted by Gasteiger charge is -2.18. The maximum absolute atomic E-state index is 10.7. The van der Waals surface area contributed by atoms with E-state index in [0.29, 0.717) is 17.2 Å². The van der Waals surface area contributed by atoms with Crippen molar-refractivity contribution in [2.75, 3.05) is 6.61 Å². The molecule has 1 N–H and O–H groups in total. The predicted octanol–water partition coefficient (Wildman–Crippen LogP) is 4.85. The second kappa shape index (κ2) is 5.31. The molecule has 0 spiro atoms. The van der Waals surface area contributed by atoms with Gasteiger partial charge in [-0.1, -0.05) is 43.6 Å². The Bertz CT molecular complexity index is 697. The van der Waals surface area contributed by atoms with Gasteiger partial charge in [-0.2, -0.15) is 0 Å². The Morgan fingerprint density at radius 3 is 2.81 bits per heavy atom. The standard InChI is InChI=1S/C17H16BrClO2/c1-17(2)9-21-14-7-6-10(8-12(14)17)16(20)11-4-3-5-13(18)15(11)19/h3-8,16,20H,9H2,1-2H3. The van der Waals surface area contributed by atoms with E-state index in [0.717, 1.165) is 21.3 Å². The normalized spacial score (nSPS) is 17.2. The van der Waals surface area contributed by atoms with Gasteiger partial charge in [0.05, 0.1) is 11.6 Å².